The zero-order valence-electron chi connectivity index (χ0n) is 16.3. The summed E-state index contributed by atoms with van der Waals surface area (Å²) < 4.78 is 5.40. The van der Waals surface area contributed by atoms with Gasteiger partial charge in [-0.3, -0.25) is 9.59 Å². The fourth-order valence-corrected chi connectivity index (χ4v) is 2.78. The summed E-state index contributed by atoms with van der Waals surface area (Å²) in [5.41, 5.74) is 4.52. The highest BCUT2D eigenvalue weighted by Gasteiger charge is 2.14. The Morgan fingerprint density at radius 3 is 1.89 bits per heavy atom. The lowest BCUT2D eigenvalue weighted by Gasteiger charge is -2.18. The van der Waals surface area contributed by atoms with Gasteiger partial charge in [-0.2, -0.15) is 0 Å². The van der Waals surface area contributed by atoms with Gasteiger partial charge < -0.3 is 9.64 Å². The summed E-state index contributed by atoms with van der Waals surface area (Å²) >= 11 is 0. The minimum atomic E-state index is -0.319. The second kappa shape index (κ2) is 8.53. The number of carbonyl (C=O) groups excluding carboxylic acids is 2. The first-order valence-corrected chi connectivity index (χ1v) is 9.13. The van der Waals surface area contributed by atoms with E-state index in [1.165, 1.54) is 0 Å². The van der Waals surface area contributed by atoms with Crippen LogP contribution in [0.1, 0.15) is 27.0 Å². The van der Waals surface area contributed by atoms with Gasteiger partial charge >= 0.3 is 5.97 Å². The Hall–Kier alpha value is -3.40. The van der Waals surface area contributed by atoms with E-state index in [1.807, 2.05) is 62.4 Å². The van der Waals surface area contributed by atoms with Gasteiger partial charge in [0.25, 0.3) is 5.91 Å². The van der Waals surface area contributed by atoms with Gasteiger partial charge in [-0.15, -0.1) is 0 Å². The minimum Gasteiger partial charge on any atom is -0.426 e. The number of carbonyl (C=O) groups is 2. The fraction of sp³-hybridized carbons (Fsp3) is 0.167. The number of ether oxygens (including phenoxy) is 1. The second-order valence-corrected chi connectivity index (χ2v) is 6.86. The van der Waals surface area contributed by atoms with Crippen molar-refractivity contribution in [2.45, 2.75) is 20.3 Å². The van der Waals surface area contributed by atoms with Crippen LogP contribution in [0.2, 0.25) is 0 Å². The van der Waals surface area contributed by atoms with Gasteiger partial charge in [-0.1, -0.05) is 47.5 Å². The number of hydrogen-bond acceptors (Lipinski definition) is 3. The molecule has 3 aromatic carbocycles. The van der Waals surface area contributed by atoms with Crippen LogP contribution in [-0.4, -0.2) is 18.9 Å². The predicted molar refractivity (Wildman–Crippen MR) is 111 cm³/mol. The molecule has 0 saturated carbocycles. The van der Waals surface area contributed by atoms with Crippen molar-refractivity contribution in [2.75, 3.05) is 11.9 Å². The molecule has 0 atom stereocenters. The van der Waals surface area contributed by atoms with E-state index in [2.05, 4.69) is 0 Å². The van der Waals surface area contributed by atoms with E-state index >= 15 is 0 Å². The molecule has 28 heavy (non-hydrogen) atoms. The molecule has 142 valence electrons. The molecule has 0 spiro atoms. The third-order valence-electron chi connectivity index (χ3n) is 4.53. The molecule has 4 nitrogen and oxygen atoms in total. The van der Waals surface area contributed by atoms with Crippen LogP contribution < -0.4 is 9.64 Å². The number of amides is 1. The van der Waals surface area contributed by atoms with Crippen molar-refractivity contribution in [3.8, 4) is 5.75 Å². The topological polar surface area (TPSA) is 46.6 Å². The number of nitrogens with zero attached hydrogens (tertiary/aromatic N) is 1. The molecule has 0 aliphatic rings. The SMILES string of the molecule is Cc1ccc(CC(=O)Oc2ccc(N(C)C(=O)c3ccc(C)cc3)cc2)cc1. The molecule has 3 aromatic rings. The lowest BCUT2D eigenvalue weighted by Crippen LogP contribution is -2.26. The summed E-state index contributed by atoms with van der Waals surface area (Å²) in [6.07, 6.45) is 0.216. The lowest BCUT2D eigenvalue weighted by atomic mass is 10.1. The van der Waals surface area contributed by atoms with Crippen LogP contribution in [0.5, 0.6) is 5.75 Å². The third kappa shape index (κ3) is 4.86. The monoisotopic (exact) mass is 373 g/mol. The van der Waals surface area contributed by atoms with Gasteiger partial charge in [-0.25, -0.2) is 0 Å². The highest BCUT2D eigenvalue weighted by Crippen LogP contribution is 2.21. The standard InChI is InChI=1S/C24H23NO3/c1-17-4-8-19(9-5-17)16-23(26)28-22-14-12-21(13-15-22)25(3)24(27)20-10-6-18(2)7-11-20/h4-15H,16H2,1-3H3. The van der Waals surface area contributed by atoms with Crippen molar-refractivity contribution < 1.29 is 14.3 Å². The van der Waals surface area contributed by atoms with E-state index in [4.69, 9.17) is 4.74 Å². The van der Waals surface area contributed by atoms with Crippen LogP contribution in [-0.2, 0) is 11.2 Å². The molecule has 1 amide bonds. The van der Waals surface area contributed by atoms with Crippen LogP contribution in [0.25, 0.3) is 0 Å². The zero-order chi connectivity index (χ0) is 20.1. The second-order valence-electron chi connectivity index (χ2n) is 6.86. The van der Waals surface area contributed by atoms with E-state index in [0.29, 0.717) is 11.3 Å². The first kappa shape index (κ1) is 19.4. The minimum absolute atomic E-state index is 0.0934. The van der Waals surface area contributed by atoms with Gasteiger partial charge in [-0.05, 0) is 55.8 Å². The summed E-state index contributed by atoms with van der Waals surface area (Å²) in [5, 5.41) is 0. The van der Waals surface area contributed by atoms with Crippen LogP contribution in [0, 0.1) is 13.8 Å². The molecule has 0 aromatic heterocycles. The summed E-state index contributed by atoms with van der Waals surface area (Å²) in [6.45, 7) is 3.99. The van der Waals surface area contributed by atoms with Crippen LogP contribution in [0.15, 0.2) is 72.8 Å². The average Bonchev–Trinajstić information content (AvgIpc) is 2.70. The number of aryl methyl sites for hydroxylation is 2. The zero-order valence-corrected chi connectivity index (χ0v) is 16.3. The van der Waals surface area contributed by atoms with Crippen LogP contribution in [0.3, 0.4) is 0 Å². The van der Waals surface area contributed by atoms with Crippen LogP contribution >= 0.6 is 0 Å². The Morgan fingerprint density at radius 2 is 1.32 bits per heavy atom. The molecule has 0 aliphatic carbocycles. The molecular formula is C24H23NO3. The maximum absolute atomic E-state index is 12.6. The molecule has 0 radical (unpaired) electrons. The molecule has 3 rings (SSSR count). The molecule has 0 unspecified atom stereocenters. The Labute approximate surface area is 165 Å². The predicted octanol–water partition coefficient (Wildman–Crippen LogP) is 4.73. The summed E-state index contributed by atoms with van der Waals surface area (Å²) in [6, 6.07) is 22.2. The Morgan fingerprint density at radius 1 is 0.786 bits per heavy atom. The van der Waals surface area contributed by atoms with Gasteiger partial charge in [0.2, 0.25) is 0 Å². The lowest BCUT2D eigenvalue weighted by molar-refractivity contribution is -0.133. The Bertz CT molecular complexity index is 958. The molecule has 0 bridgehead atoms. The van der Waals surface area contributed by atoms with Gasteiger partial charge in [0.05, 0.1) is 6.42 Å². The van der Waals surface area contributed by atoms with E-state index in [-0.39, 0.29) is 18.3 Å². The van der Waals surface area contributed by atoms with Crippen molar-refractivity contribution in [3.05, 3.63) is 95.1 Å². The van der Waals surface area contributed by atoms with Gasteiger partial charge in [0.1, 0.15) is 5.75 Å². The smallest absolute Gasteiger partial charge is 0.315 e. The van der Waals surface area contributed by atoms with E-state index in [1.54, 1.807) is 36.2 Å². The van der Waals surface area contributed by atoms with Crippen molar-refractivity contribution in [2.24, 2.45) is 0 Å². The quantitative estimate of drug-likeness (QED) is 0.480. The molecule has 0 N–H and O–H groups in total. The molecule has 0 saturated heterocycles. The van der Waals surface area contributed by atoms with Crippen molar-refractivity contribution in [1.82, 2.24) is 0 Å². The normalized spacial score (nSPS) is 10.4. The van der Waals surface area contributed by atoms with Crippen molar-refractivity contribution >= 4 is 17.6 Å². The van der Waals surface area contributed by atoms with Crippen molar-refractivity contribution in [3.63, 3.8) is 0 Å². The third-order valence-corrected chi connectivity index (χ3v) is 4.53. The number of anilines is 1. The first-order valence-electron chi connectivity index (χ1n) is 9.13. The highest BCUT2D eigenvalue weighted by atomic mass is 16.5. The largest absolute Gasteiger partial charge is 0.426 e. The summed E-state index contributed by atoms with van der Waals surface area (Å²) in [5.74, 6) is 0.0434. The highest BCUT2D eigenvalue weighted by molar-refractivity contribution is 6.05. The molecule has 0 heterocycles. The fourth-order valence-electron chi connectivity index (χ4n) is 2.78. The van der Waals surface area contributed by atoms with Gasteiger partial charge in [0.15, 0.2) is 0 Å². The van der Waals surface area contributed by atoms with Gasteiger partial charge in [0, 0.05) is 18.3 Å². The molecule has 4 heteroatoms. The Kier molecular flexibility index (Phi) is 5.90. The summed E-state index contributed by atoms with van der Waals surface area (Å²) in [4.78, 5) is 26.3. The van der Waals surface area contributed by atoms with Crippen LogP contribution in [0.4, 0.5) is 5.69 Å². The maximum Gasteiger partial charge on any atom is 0.315 e. The van der Waals surface area contributed by atoms with E-state index in [0.717, 1.165) is 22.4 Å². The van der Waals surface area contributed by atoms with E-state index in [9.17, 15) is 9.59 Å². The molecule has 0 fully saturated rings. The molecule has 0 aliphatic heterocycles. The average molecular weight is 373 g/mol. The number of esters is 1. The van der Waals surface area contributed by atoms with E-state index < -0.39 is 0 Å². The maximum atomic E-state index is 12.6. The number of hydrogen-bond donors (Lipinski definition) is 0. The number of rotatable bonds is 5. The first-order chi connectivity index (χ1) is 13.4. The number of benzene rings is 3. The molecular weight excluding hydrogens is 350 g/mol. The summed E-state index contributed by atoms with van der Waals surface area (Å²) in [7, 11) is 1.72. The van der Waals surface area contributed by atoms with Crippen molar-refractivity contribution in [1.29, 1.82) is 0 Å². The Balaban J connectivity index is 1.62.